The molecule has 0 saturated carbocycles. The number of nitrogens with two attached hydrogens (primary N) is 1. The second-order valence-corrected chi connectivity index (χ2v) is 5.98. The fourth-order valence-corrected chi connectivity index (χ4v) is 3.59. The Hall–Kier alpha value is -1.81. The van der Waals surface area contributed by atoms with Crippen LogP contribution in [-0.2, 0) is 19.1 Å². The van der Waals surface area contributed by atoms with Gasteiger partial charge in [0, 0.05) is 18.2 Å². The number of rotatable bonds is 4. The summed E-state index contributed by atoms with van der Waals surface area (Å²) in [6, 6.07) is -0.628. The van der Waals surface area contributed by atoms with Gasteiger partial charge in [-0.2, -0.15) is 0 Å². The molecule has 0 aromatic rings. The third kappa shape index (κ3) is 2.95. The molecule has 10 heteroatoms. The lowest BCUT2D eigenvalue weighted by molar-refractivity contribution is -0.148. The summed E-state index contributed by atoms with van der Waals surface area (Å²) in [7, 11) is 0. The number of nitrogens with zero attached hydrogens (tertiary/aromatic N) is 1. The zero-order valence-corrected chi connectivity index (χ0v) is 12.6. The highest BCUT2D eigenvalue weighted by atomic mass is 32.2. The molecular weight excluding hydrogens is 318 g/mol. The molecule has 0 unspecified atom stereocenters. The number of nitrogens with one attached hydrogen (secondary N) is 1. The highest BCUT2D eigenvalue weighted by Crippen LogP contribution is 2.40. The molecule has 1 saturated heterocycles. The van der Waals surface area contributed by atoms with Crippen molar-refractivity contribution < 1.29 is 24.2 Å². The lowest BCUT2D eigenvalue weighted by Gasteiger charge is -2.49. The summed E-state index contributed by atoms with van der Waals surface area (Å²) >= 11 is 6.06. The van der Waals surface area contributed by atoms with Crippen LogP contribution in [0.15, 0.2) is 11.3 Å². The van der Waals surface area contributed by atoms with E-state index in [4.69, 9.17) is 22.7 Å². The van der Waals surface area contributed by atoms with E-state index in [2.05, 4.69) is 5.32 Å². The van der Waals surface area contributed by atoms with Crippen molar-refractivity contribution in [3.8, 4) is 0 Å². The molecule has 2 rings (SSSR count). The van der Waals surface area contributed by atoms with Gasteiger partial charge in [0.25, 0.3) is 5.91 Å². The first-order chi connectivity index (χ1) is 9.82. The average Bonchev–Trinajstić information content (AvgIpc) is 2.40. The van der Waals surface area contributed by atoms with Crippen LogP contribution in [-0.4, -0.2) is 56.7 Å². The predicted molar refractivity (Wildman–Crippen MR) is 78.1 cm³/mol. The number of ether oxygens (including phenoxy) is 1. The number of thioether (sulfide) groups is 1. The van der Waals surface area contributed by atoms with Gasteiger partial charge >= 0.3 is 11.9 Å². The number of esters is 1. The van der Waals surface area contributed by atoms with E-state index in [-0.39, 0.29) is 22.8 Å². The van der Waals surface area contributed by atoms with Crippen molar-refractivity contribution >= 4 is 46.9 Å². The third-order valence-corrected chi connectivity index (χ3v) is 4.45. The van der Waals surface area contributed by atoms with Crippen molar-refractivity contribution in [2.75, 3.05) is 12.4 Å². The van der Waals surface area contributed by atoms with Gasteiger partial charge in [0.1, 0.15) is 23.7 Å². The molecule has 2 aliphatic heterocycles. The van der Waals surface area contributed by atoms with Crippen LogP contribution in [0.4, 0.5) is 0 Å². The molecule has 2 atom stereocenters. The number of carbonyl (C=O) groups excluding carboxylic acids is 2. The second-order valence-electron chi connectivity index (χ2n) is 4.43. The van der Waals surface area contributed by atoms with Crippen molar-refractivity contribution in [1.82, 2.24) is 10.2 Å². The Morgan fingerprint density at radius 1 is 1.62 bits per heavy atom. The normalized spacial score (nSPS) is 24.0. The maximum absolute atomic E-state index is 12.1. The van der Waals surface area contributed by atoms with Crippen LogP contribution in [0.1, 0.15) is 6.92 Å². The number of thiocarbonyl (C=S) groups is 1. The molecule has 1 fully saturated rings. The van der Waals surface area contributed by atoms with E-state index < -0.39 is 23.9 Å². The van der Waals surface area contributed by atoms with Crippen molar-refractivity contribution in [2.45, 2.75) is 18.3 Å². The first-order valence-electron chi connectivity index (χ1n) is 5.92. The minimum atomic E-state index is -1.23. The Morgan fingerprint density at radius 2 is 2.29 bits per heavy atom. The number of amides is 1. The highest BCUT2D eigenvalue weighted by Gasteiger charge is 2.53. The zero-order chi connectivity index (χ0) is 15.7. The molecule has 0 spiro atoms. The largest absolute Gasteiger partial charge is 0.477 e. The first-order valence-corrected chi connectivity index (χ1v) is 7.38. The Labute approximate surface area is 129 Å². The Bertz CT molecular complexity index is 562. The lowest BCUT2D eigenvalue weighted by atomic mass is 10.0. The maximum Gasteiger partial charge on any atom is 0.352 e. The minimum Gasteiger partial charge on any atom is -0.477 e. The first kappa shape index (κ1) is 15.6. The van der Waals surface area contributed by atoms with Gasteiger partial charge in [-0.25, -0.2) is 4.79 Å². The summed E-state index contributed by atoms with van der Waals surface area (Å²) in [6.45, 7) is 1.09. The van der Waals surface area contributed by atoms with Gasteiger partial charge in [0.2, 0.25) is 0 Å². The average molecular weight is 331 g/mol. The van der Waals surface area contributed by atoms with Crippen LogP contribution in [0.2, 0.25) is 0 Å². The number of fused-ring (bicyclic) bond motifs is 1. The number of hydrogen-bond donors (Lipinski definition) is 3. The second kappa shape index (κ2) is 5.90. The zero-order valence-electron chi connectivity index (χ0n) is 11.0. The molecule has 8 nitrogen and oxygen atoms in total. The van der Waals surface area contributed by atoms with Gasteiger partial charge in [-0.3, -0.25) is 14.5 Å². The van der Waals surface area contributed by atoms with E-state index in [9.17, 15) is 19.5 Å². The molecule has 2 heterocycles. The van der Waals surface area contributed by atoms with E-state index >= 15 is 0 Å². The topological polar surface area (TPSA) is 122 Å². The maximum atomic E-state index is 12.1. The molecule has 21 heavy (non-hydrogen) atoms. The number of β-lactam (4-membered cyclic amide) rings is 1. The van der Waals surface area contributed by atoms with Crippen LogP contribution in [0.3, 0.4) is 0 Å². The molecular formula is C11H13N3O5S2. The van der Waals surface area contributed by atoms with E-state index in [0.717, 1.165) is 0 Å². The monoisotopic (exact) mass is 331 g/mol. The highest BCUT2D eigenvalue weighted by molar-refractivity contribution is 8.00. The quantitative estimate of drug-likeness (QED) is 0.338. The number of carboxylic acids is 1. The summed E-state index contributed by atoms with van der Waals surface area (Å²) in [5.74, 6) is -1.82. The van der Waals surface area contributed by atoms with Gasteiger partial charge < -0.3 is 20.9 Å². The van der Waals surface area contributed by atoms with E-state index in [1.165, 1.54) is 23.6 Å². The van der Waals surface area contributed by atoms with E-state index in [1.54, 1.807) is 0 Å². The summed E-state index contributed by atoms with van der Waals surface area (Å²) in [5.41, 5.74) is 5.60. The van der Waals surface area contributed by atoms with Crippen molar-refractivity contribution in [2.24, 2.45) is 5.73 Å². The molecule has 0 aromatic carbocycles. The van der Waals surface area contributed by atoms with Crippen molar-refractivity contribution in [3.63, 3.8) is 0 Å². The van der Waals surface area contributed by atoms with E-state index in [1.807, 2.05) is 0 Å². The molecule has 0 aromatic heterocycles. The van der Waals surface area contributed by atoms with Crippen molar-refractivity contribution in [3.05, 3.63) is 11.3 Å². The minimum absolute atomic E-state index is 0.0137. The van der Waals surface area contributed by atoms with Crippen LogP contribution in [0, 0.1) is 0 Å². The number of hydrogen-bond acceptors (Lipinski definition) is 6. The molecule has 1 amide bonds. The standard InChI is InChI=1S/C11H13N3O5S2/c1-4(15)19-2-5-3-21-9-6(13-11(12)20)8(16)14(9)7(5)10(17)18/h6,9H,2-3H2,1H3,(H,17,18)(H3,12,13,20)/t6-,9+/m1/s1. The Kier molecular flexibility index (Phi) is 4.37. The van der Waals surface area contributed by atoms with Crippen LogP contribution in [0.25, 0.3) is 0 Å². The van der Waals surface area contributed by atoms with Gasteiger partial charge in [-0.1, -0.05) is 0 Å². The Balaban J connectivity index is 2.22. The summed E-state index contributed by atoms with van der Waals surface area (Å²) in [5, 5.41) is 11.6. The number of carbonyl (C=O) groups is 3. The molecule has 0 radical (unpaired) electrons. The number of carboxylic acid groups (broad SMARTS) is 1. The van der Waals surface area contributed by atoms with Crippen LogP contribution in [0.5, 0.6) is 0 Å². The summed E-state index contributed by atoms with van der Waals surface area (Å²) < 4.78 is 4.83. The summed E-state index contributed by atoms with van der Waals surface area (Å²) in [4.78, 5) is 35.5. The van der Waals surface area contributed by atoms with Crippen LogP contribution < -0.4 is 11.1 Å². The third-order valence-electron chi connectivity index (χ3n) is 3.00. The molecule has 0 aliphatic carbocycles. The molecule has 4 N–H and O–H groups in total. The SMILES string of the molecule is CC(=O)OCC1=C(C(=O)O)N2C(=O)[C@@H](NC(N)=S)[C@@H]2SC1. The molecule has 0 bridgehead atoms. The van der Waals surface area contributed by atoms with Gasteiger partial charge in [-0.15, -0.1) is 11.8 Å². The predicted octanol–water partition coefficient (Wildman–Crippen LogP) is -0.995. The van der Waals surface area contributed by atoms with Gasteiger partial charge in [-0.05, 0) is 12.2 Å². The van der Waals surface area contributed by atoms with Crippen molar-refractivity contribution in [1.29, 1.82) is 0 Å². The fraction of sp³-hybridized carbons (Fsp3) is 0.455. The molecule has 114 valence electrons. The van der Waals surface area contributed by atoms with Crippen LogP contribution >= 0.6 is 24.0 Å². The molecule has 2 aliphatic rings. The van der Waals surface area contributed by atoms with E-state index in [0.29, 0.717) is 11.3 Å². The Morgan fingerprint density at radius 3 is 2.81 bits per heavy atom. The fourth-order valence-electron chi connectivity index (χ4n) is 2.14. The number of aliphatic carboxylic acids is 1. The smallest absolute Gasteiger partial charge is 0.352 e. The lowest BCUT2D eigenvalue weighted by Crippen LogP contribution is -2.71. The van der Waals surface area contributed by atoms with Gasteiger partial charge in [0.05, 0.1) is 0 Å². The summed E-state index contributed by atoms with van der Waals surface area (Å²) in [6.07, 6.45) is 0. The van der Waals surface area contributed by atoms with Gasteiger partial charge in [0.15, 0.2) is 5.11 Å².